The minimum atomic E-state index is -0.312. The Kier molecular flexibility index (Phi) is 5.11. The molecule has 2 aromatic rings. The Balaban J connectivity index is 1.74. The third-order valence-corrected chi connectivity index (χ3v) is 5.33. The number of H-pyrrole nitrogens is 1. The number of ether oxygens (including phenoxy) is 2. The summed E-state index contributed by atoms with van der Waals surface area (Å²) in [6.07, 6.45) is 2.39. The minimum absolute atomic E-state index is 0.193. The average molecular weight is 428 g/mol. The van der Waals surface area contributed by atoms with E-state index in [1.54, 1.807) is 11.9 Å². The molecule has 124 valence electrons. The van der Waals surface area contributed by atoms with Gasteiger partial charge in [0, 0.05) is 37.8 Å². The van der Waals surface area contributed by atoms with E-state index in [4.69, 9.17) is 9.47 Å². The van der Waals surface area contributed by atoms with Crippen molar-refractivity contribution in [1.29, 1.82) is 0 Å². The first-order valence-corrected chi connectivity index (χ1v) is 9.00. The van der Waals surface area contributed by atoms with E-state index < -0.39 is 0 Å². The molecule has 1 fully saturated rings. The Morgan fingerprint density at radius 2 is 2.17 bits per heavy atom. The predicted molar refractivity (Wildman–Crippen MR) is 98.0 cm³/mol. The van der Waals surface area contributed by atoms with Crippen LogP contribution in [0, 0.1) is 3.70 Å². The SMILES string of the molecule is CCc1c(I)[nH]c2cc(OC(=O)N(C)C3CCOCC3)ccc12. The average Bonchev–Trinajstić information content (AvgIpc) is 2.89. The van der Waals surface area contributed by atoms with Gasteiger partial charge in [-0.2, -0.15) is 0 Å². The fourth-order valence-corrected chi connectivity index (χ4v) is 3.97. The molecular weight excluding hydrogens is 407 g/mol. The van der Waals surface area contributed by atoms with Crippen LogP contribution >= 0.6 is 22.6 Å². The van der Waals surface area contributed by atoms with Crippen molar-refractivity contribution in [3.8, 4) is 5.75 Å². The predicted octanol–water partition coefficient (Wildman–Crippen LogP) is 3.94. The maximum absolute atomic E-state index is 12.3. The number of rotatable bonds is 3. The summed E-state index contributed by atoms with van der Waals surface area (Å²) in [7, 11) is 1.80. The number of hydrogen-bond donors (Lipinski definition) is 1. The monoisotopic (exact) mass is 428 g/mol. The molecule has 1 aliphatic rings. The van der Waals surface area contributed by atoms with E-state index in [-0.39, 0.29) is 12.1 Å². The van der Waals surface area contributed by atoms with Crippen molar-refractivity contribution in [2.75, 3.05) is 20.3 Å². The number of benzene rings is 1. The molecule has 3 rings (SSSR count). The number of aromatic nitrogens is 1. The maximum Gasteiger partial charge on any atom is 0.415 e. The summed E-state index contributed by atoms with van der Waals surface area (Å²) in [6, 6.07) is 5.97. The van der Waals surface area contributed by atoms with Crippen molar-refractivity contribution in [2.45, 2.75) is 32.2 Å². The summed E-state index contributed by atoms with van der Waals surface area (Å²) in [5.41, 5.74) is 2.31. The van der Waals surface area contributed by atoms with E-state index in [0.29, 0.717) is 19.0 Å². The highest BCUT2D eigenvalue weighted by Crippen LogP contribution is 2.28. The van der Waals surface area contributed by atoms with Gasteiger partial charge >= 0.3 is 6.09 Å². The van der Waals surface area contributed by atoms with Crippen LogP contribution in [0.4, 0.5) is 4.79 Å². The molecule has 1 aromatic carbocycles. The third-order valence-electron chi connectivity index (χ3n) is 4.41. The van der Waals surface area contributed by atoms with Crippen LogP contribution < -0.4 is 4.74 Å². The van der Waals surface area contributed by atoms with Gasteiger partial charge in [-0.1, -0.05) is 6.92 Å². The van der Waals surface area contributed by atoms with Crippen molar-refractivity contribution < 1.29 is 14.3 Å². The summed E-state index contributed by atoms with van der Waals surface area (Å²) < 4.78 is 12.0. The first-order valence-electron chi connectivity index (χ1n) is 7.92. The highest BCUT2D eigenvalue weighted by Gasteiger charge is 2.24. The van der Waals surface area contributed by atoms with Gasteiger partial charge in [-0.3, -0.25) is 0 Å². The number of aromatic amines is 1. The molecule has 1 aromatic heterocycles. The summed E-state index contributed by atoms with van der Waals surface area (Å²) in [4.78, 5) is 17.4. The molecule has 0 radical (unpaired) electrons. The van der Waals surface area contributed by atoms with Crippen LogP contribution in [0.3, 0.4) is 0 Å². The molecule has 1 N–H and O–H groups in total. The van der Waals surface area contributed by atoms with E-state index >= 15 is 0 Å². The molecule has 0 unspecified atom stereocenters. The van der Waals surface area contributed by atoms with Gasteiger partial charge in [0.25, 0.3) is 0 Å². The number of fused-ring (bicyclic) bond motifs is 1. The Bertz CT molecular complexity index is 707. The lowest BCUT2D eigenvalue weighted by molar-refractivity contribution is 0.0454. The molecule has 1 saturated heterocycles. The van der Waals surface area contributed by atoms with Gasteiger partial charge in [-0.15, -0.1) is 0 Å². The zero-order valence-electron chi connectivity index (χ0n) is 13.4. The standard InChI is InChI=1S/C17H21IN2O3/c1-3-13-14-5-4-12(10-15(14)19-16(13)18)23-17(21)20(2)11-6-8-22-9-7-11/h4-5,10-11,19H,3,6-9H2,1-2H3. The van der Waals surface area contributed by atoms with Crippen LogP contribution in [0.1, 0.15) is 25.3 Å². The van der Waals surface area contributed by atoms with E-state index in [9.17, 15) is 4.79 Å². The Hall–Kier alpha value is -1.28. The number of carbonyl (C=O) groups excluding carboxylic acids is 1. The number of halogens is 1. The van der Waals surface area contributed by atoms with E-state index in [2.05, 4.69) is 34.5 Å². The topological polar surface area (TPSA) is 54.6 Å². The summed E-state index contributed by atoms with van der Waals surface area (Å²) in [5.74, 6) is 0.571. The van der Waals surface area contributed by atoms with E-state index in [1.807, 2.05) is 18.2 Å². The van der Waals surface area contributed by atoms with Gasteiger partial charge in [0.1, 0.15) is 5.75 Å². The Morgan fingerprint density at radius 1 is 1.43 bits per heavy atom. The second-order valence-corrected chi connectivity index (χ2v) is 6.88. The van der Waals surface area contributed by atoms with E-state index in [1.165, 1.54) is 10.9 Å². The largest absolute Gasteiger partial charge is 0.415 e. The second kappa shape index (κ2) is 7.09. The van der Waals surface area contributed by atoms with Crippen molar-refractivity contribution in [1.82, 2.24) is 9.88 Å². The zero-order valence-corrected chi connectivity index (χ0v) is 15.6. The van der Waals surface area contributed by atoms with Gasteiger partial charge in [-0.25, -0.2) is 4.79 Å². The van der Waals surface area contributed by atoms with Crippen LogP contribution in [0.15, 0.2) is 18.2 Å². The highest BCUT2D eigenvalue weighted by atomic mass is 127. The normalized spacial score (nSPS) is 15.8. The lowest BCUT2D eigenvalue weighted by Crippen LogP contribution is -2.42. The molecule has 0 atom stereocenters. The molecule has 1 aliphatic heterocycles. The molecule has 0 spiro atoms. The number of nitrogens with zero attached hydrogens (tertiary/aromatic N) is 1. The van der Waals surface area contributed by atoms with Gasteiger partial charge in [0.2, 0.25) is 0 Å². The Morgan fingerprint density at radius 3 is 2.87 bits per heavy atom. The van der Waals surface area contributed by atoms with Crippen LogP contribution in [0.25, 0.3) is 10.9 Å². The molecule has 5 nitrogen and oxygen atoms in total. The van der Waals surface area contributed by atoms with Crippen LogP contribution in [-0.4, -0.2) is 42.3 Å². The number of amides is 1. The van der Waals surface area contributed by atoms with Crippen molar-refractivity contribution in [3.05, 3.63) is 27.5 Å². The van der Waals surface area contributed by atoms with Crippen LogP contribution in [0.5, 0.6) is 5.75 Å². The van der Waals surface area contributed by atoms with Gasteiger partial charge in [-0.05, 0) is 59.5 Å². The lowest BCUT2D eigenvalue weighted by Gasteiger charge is -2.30. The van der Waals surface area contributed by atoms with Gasteiger partial charge in [0.15, 0.2) is 0 Å². The first-order chi connectivity index (χ1) is 11.1. The smallest absolute Gasteiger partial charge is 0.410 e. The molecule has 6 heteroatoms. The number of carbonyl (C=O) groups is 1. The lowest BCUT2D eigenvalue weighted by atomic mass is 10.1. The molecule has 0 aliphatic carbocycles. The highest BCUT2D eigenvalue weighted by molar-refractivity contribution is 14.1. The van der Waals surface area contributed by atoms with Gasteiger partial charge in [0.05, 0.1) is 9.22 Å². The number of nitrogens with one attached hydrogen (secondary N) is 1. The molecule has 0 saturated carbocycles. The second-order valence-electron chi connectivity index (χ2n) is 5.80. The minimum Gasteiger partial charge on any atom is -0.410 e. The van der Waals surface area contributed by atoms with Crippen molar-refractivity contribution in [3.63, 3.8) is 0 Å². The zero-order chi connectivity index (χ0) is 16.4. The van der Waals surface area contributed by atoms with E-state index in [0.717, 1.165) is 28.5 Å². The fraction of sp³-hybridized carbons (Fsp3) is 0.471. The molecule has 0 bridgehead atoms. The fourth-order valence-electron chi connectivity index (χ4n) is 3.01. The molecule has 1 amide bonds. The molecule has 23 heavy (non-hydrogen) atoms. The van der Waals surface area contributed by atoms with Crippen LogP contribution in [0.2, 0.25) is 0 Å². The quantitative estimate of drug-likeness (QED) is 0.754. The summed E-state index contributed by atoms with van der Waals surface area (Å²) in [6.45, 7) is 3.55. The number of aryl methyl sites for hydroxylation is 1. The first kappa shape index (κ1) is 16.6. The van der Waals surface area contributed by atoms with Crippen LogP contribution in [-0.2, 0) is 11.2 Å². The van der Waals surface area contributed by atoms with Crippen molar-refractivity contribution in [2.24, 2.45) is 0 Å². The molecule has 2 heterocycles. The summed E-state index contributed by atoms with van der Waals surface area (Å²) >= 11 is 2.31. The van der Waals surface area contributed by atoms with Gasteiger partial charge < -0.3 is 19.4 Å². The van der Waals surface area contributed by atoms with Crippen molar-refractivity contribution >= 4 is 39.6 Å². The summed E-state index contributed by atoms with van der Waals surface area (Å²) in [5, 5.41) is 1.19. The number of hydrogen-bond acceptors (Lipinski definition) is 3. The Labute approximate surface area is 149 Å². The maximum atomic E-state index is 12.3. The molecular formula is C17H21IN2O3. The third kappa shape index (κ3) is 3.47.